The number of nitrogens with one attached hydrogen (secondary N) is 1. The average molecular weight is 529 g/mol. The number of carbonyl (C=O) groups excluding carboxylic acids is 2. The SMILES string of the molecule is CCCCc1ncc(C(=O)O)n1Cc1ccc(NC(=O)[C@H](Cc2ccccc2)n2cccc2C(=O)OC)cc1. The maximum atomic E-state index is 13.5. The van der Waals surface area contributed by atoms with Crippen LogP contribution in [0, 0.1) is 0 Å². The third-order valence-corrected chi connectivity index (χ3v) is 6.56. The van der Waals surface area contributed by atoms with Crippen LogP contribution in [0.3, 0.4) is 0 Å². The second kappa shape index (κ2) is 12.7. The molecule has 1 amide bonds. The largest absolute Gasteiger partial charge is 0.477 e. The number of aromatic carboxylic acids is 1. The molecule has 0 unspecified atom stereocenters. The van der Waals surface area contributed by atoms with Crippen molar-refractivity contribution in [3.8, 4) is 0 Å². The second-order valence-electron chi connectivity index (χ2n) is 9.24. The summed E-state index contributed by atoms with van der Waals surface area (Å²) in [6, 6.07) is 19.5. The van der Waals surface area contributed by atoms with E-state index in [1.807, 2.05) is 42.5 Å². The molecule has 0 bridgehead atoms. The first kappa shape index (κ1) is 27.4. The zero-order chi connectivity index (χ0) is 27.8. The first-order chi connectivity index (χ1) is 18.9. The number of ether oxygens (including phenoxy) is 1. The summed E-state index contributed by atoms with van der Waals surface area (Å²) in [4.78, 5) is 41.9. The number of carboxylic acids is 1. The molecule has 4 rings (SSSR count). The number of aryl methyl sites for hydroxylation is 1. The number of methoxy groups -OCH3 is 1. The molecule has 0 spiro atoms. The standard InChI is InChI=1S/C30H32N4O5/c1-3-4-12-27-31-19-26(29(36)37)34(27)20-22-13-15-23(16-14-22)32-28(35)25(18-21-9-6-5-7-10-21)33-17-8-11-24(33)30(38)39-2/h5-11,13-17,19,25H,3-4,12,18,20H2,1-2H3,(H,32,35)(H,36,37)/t25-/m0/s1. The van der Waals surface area contributed by atoms with Crippen LogP contribution in [0.1, 0.15) is 63.7 Å². The van der Waals surface area contributed by atoms with Crippen LogP contribution in [-0.4, -0.2) is 44.2 Å². The second-order valence-corrected chi connectivity index (χ2v) is 9.24. The molecule has 0 aliphatic heterocycles. The van der Waals surface area contributed by atoms with E-state index in [-0.39, 0.29) is 17.3 Å². The summed E-state index contributed by atoms with van der Waals surface area (Å²) in [5.74, 6) is -1.08. The van der Waals surface area contributed by atoms with Gasteiger partial charge in [0.05, 0.1) is 13.3 Å². The van der Waals surface area contributed by atoms with Gasteiger partial charge in [-0.1, -0.05) is 55.8 Å². The van der Waals surface area contributed by atoms with E-state index in [9.17, 15) is 19.5 Å². The summed E-state index contributed by atoms with van der Waals surface area (Å²) < 4.78 is 8.26. The minimum atomic E-state index is -1.02. The van der Waals surface area contributed by atoms with Crippen LogP contribution in [0.5, 0.6) is 0 Å². The Morgan fingerprint density at radius 2 is 1.72 bits per heavy atom. The number of esters is 1. The Morgan fingerprint density at radius 1 is 0.974 bits per heavy atom. The summed E-state index contributed by atoms with van der Waals surface area (Å²) in [5, 5.41) is 12.6. The number of nitrogens with zero attached hydrogens (tertiary/aromatic N) is 3. The van der Waals surface area contributed by atoms with Gasteiger partial charge in [-0.2, -0.15) is 0 Å². The summed E-state index contributed by atoms with van der Waals surface area (Å²) in [7, 11) is 1.31. The summed E-state index contributed by atoms with van der Waals surface area (Å²) >= 11 is 0. The molecule has 2 aromatic carbocycles. The number of hydrogen-bond donors (Lipinski definition) is 2. The number of amides is 1. The van der Waals surface area contributed by atoms with Crippen molar-refractivity contribution < 1.29 is 24.2 Å². The zero-order valence-corrected chi connectivity index (χ0v) is 22.0. The van der Waals surface area contributed by atoms with Crippen molar-refractivity contribution in [1.29, 1.82) is 0 Å². The average Bonchev–Trinajstić information content (AvgIpc) is 3.59. The highest BCUT2D eigenvalue weighted by Crippen LogP contribution is 2.22. The zero-order valence-electron chi connectivity index (χ0n) is 22.0. The van der Waals surface area contributed by atoms with E-state index in [1.165, 1.54) is 13.3 Å². The lowest BCUT2D eigenvalue weighted by Gasteiger charge is -2.21. The topological polar surface area (TPSA) is 115 Å². The van der Waals surface area contributed by atoms with Gasteiger partial charge in [0.15, 0.2) is 0 Å². The Morgan fingerprint density at radius 3 is 2.38 bits per heavy atom. The van der Waals surface area contributed by atoms with Gasteiger partial charge in [0.2, 0.25) is 5.91 Å². The van der Waals surface area contributed by atoms with Crippen LogP contribution in [0.4, 0.5) is 5.69 Å². The molecular weight excluding hydrogens is 496 g/mol. The number of carboxylic acid groups (broad SMARTS) is 1. The van der Waals surface area contributed by atoms with Crippen molar-refractivity contribution in [3.63, 3.8) is 0 Å². The Hall–Kier alpha value is -4.66. The summed E-state index contributed by atoms with van der Waals surface area (Å²) in [5.41, 5.74) is 2.85. The Bertz CT molecular complexity index is 1420. The van der Waals surface area contributed by atoms with E-state index < -0.39 is 18.0 Å². The quantitative estimate of drug-likeness (QED) is 0.251. The first-order valence-corrected chi connectivity index (χ1v) is 12.9. The van der Waals surface area contributed by atoms with Crippen LogP contribution in [-0.2, 0) is 28.9 Å². The molecule has 4 aromatic rings. The molecule has 39 heavy (non-hydrogen) atoms. The molecule has 0 saturated heterocycles. The summed E-state index contributed by atoms with van der Waals surface area (Å²) in [6.07, 6.45) is 6.09. The number of imidazole rings is 1. The van der Waals surface area contributed by atoms with Gasteiger partial charge >= 0.3 is 11.9 Å². The van der Waals surface area contributed by atoms with E-state index in [4.69, 9.17) is 4.74 Å². The number of anilines is 1. The van der Waals surface area contributed by atoms with Crippen LogP contribution < -0.4 is 5.32 Å². The van der Waals surface area contributed by atoms with E-state index >= 15 is 0 Å². The lowest BCUT2D eigenvalue weighted by Crippen LogP contribution is -2.29. The minimum absolute atomic E-state index is 0.148. The fraction of sp³-hybridized carbons (Fsp3) is 0.267. The van der Waals surface area contributed by atoms with Crippen molar-refractivity contribution in [2.24, 2.45) is 0 Å². The molecule has 202 valence electrons. The number of unbranched alkanes of at least 4 members (excludes halogenated alkanes) is 1. The van der Waals surface area contributed by atoms with Gasteiger partial charge < -0.3 is 24.3 Å². The molecule has 1 atom stereocenters. The van der Waals surface area contributed by atoms with Crippen molar-refractivity contribution in [1.82, 2.24) is 14.1 Å². The van der Waals surface area contributed by atoms with Gasteiger partial charge in [-0.15, -0.1) is 0 Å². The number of rotatable bonds is 12. The molecular formula is C30H32N4O5. The molecule has 0 aliphatic rings. The fourth-order valence-corrected chi connectivity index (χ4v) is 4.49. The van der Waals surface area contributed by atoms with Gasteiger partial charge in [-0.3, -0.25) is 4.79 Å². The third-order valence-electron chi connectivity index (χ3n) is 6.56. The van der Waals surface area contributed by atoms with Crippen molar-refractivity contribution in [2.45, 2.75) is 45.2 Å². The minimum Gasteiger partial charge on any atom is -0.477 e. The van der Waals surface area contributed by atoms with Gasteiger partial charge in [0, 0.05) is 31.3 Å². The molecule has 2 aromatic heterocycles. The highest BCUT2D eigenvalue weighted by Gasteiger charge is 2.25. The lowest BCUT2D eigenvalue weighted by atomic mass is 10.0. The molecule has 0 aliphatic carbocycles. The Labute approximate surface area is 227 Å². The fourth-order valence-electron chi connectivity index (χ4n) is 4.49. The number of hydrogen-bond acceptors (Lipinski definition) is 5. The van der Waals surface area contributed by atoms with Crippen LogP contribution in [0.2, 0.25) is 0 Å². The van der Waals surface area contributed by atoms with Crippen LogP contribution in [0.25, 0.3) is 0 Å². The molecule has 9 nitrogen and oxygen atoms in total. The lowest BCUT2D eigenvalue weighted by molar-refractivity contribution is -0.119. The Balaban J connectivity index is 1.54. The Kier molecular flexibility index (Phi) is 8.94. The van der Waals surface area contributed by atoms with Crippen molar-refractivity contribution in [3.05, 3.63) is 107 Å². The smallest absolute Gasteiger partial charge is 0.354 e. The maximum Gasteiger partial charge on any atom is 0.354 e. The molecule has 0 fully saturated rings. The van der Waals surface area contributed by atoms with Crippen molar-refractivity contribution >= 4 is 23.5 Å². The van der Waals surface area contributed by atoms with Crippen molar-refractivity contribution in [2.75, 3.05) is 12.4 Å². The molecule has 2 N–H and O–H groups in total. The molecule has 0 radical (unpaired) electrons. The maximum absolute atomic E-state index is 13.5. The van der Waals surface area contributed by atoms with Gasteiger partial charge in [-0.05, 0) is 41.8 Å². The monoisotopic (exact) mass is 528 g/mol. The number of carbonyl (C=O) groups is 3. The van der Waals surface area contributed by atoms with E-state index in [2.05, 4.69) is 17.2 Å². The highest BCUT2D eigenvalue weighted by atomic mass is 16.5. The molecule has 0 saturated carbocycles. The van der Waals surface area contributed by atoms with E-state index in [1.54, 1.807) is 39.6 Å². The first-order valence-electron chi connectivity index (χ1n) is 12.9. The van der Waals surface area contributed by atoms with E-state index in [0.29, 0.717) is 25.1 Å². The predicted octanol–water partition coefficient (Wildman–Crippen LogP) is 4.98. The van der Waals surface area contributed by atoms with Gasteiger partial charge in [0.25, 0.3) is 0 Å². The third kappa shape index (κ3) is 6.62. The predicted molar refractivity (Wildman–Crippen MR) is 147 cm³/mol. The molecule has 9 heteroatoms. The van der Waals surface area contributed by atoms with E-state index in [0.717, 1.165) is 29.8 Å². The van der Waals surface area contributed by atoms with Crippen LogP contribution >= 0.6 is 0 Å². The number of benzene rings is 2. The molecule has 2 heterocycles. The van der Waals surface area contributed by atoms with Gasteiger partial charge in [-0.25, -0.2) is 14.6 Å². The van der Waals surface area contributed by atoms with Gasteiger partial charge in [0.1, 0.15) is 23.3 Å². The van der Waals surface area contributed by atoms with Crippen LogP contribution in [0.15, 0.2) is 79.1 Å². The number of aromatic nitrogens is 3. The summed E-state index contributed by atoms with van der Waals surface area (Å²) in [6.45, 7) is 2.44. The highest BCUT2D eigenvalue weighted by molar-refractivity contribution is 5.95. The normalized spacial score (nSPS) is 11.6.